The van der Waals surface area contributed by atoms with Gasteiger partial charge in [-0.25, -0.2) is 0 Å². The molecule has 0 fully saturated rings. The number of nitrogen functional groups attached to an aromatic ring is 1. The summed E-state index contributed by atoms with van der Waals surface area (Å²) in [7, 11) is 1.73. The lowest BCUT2D eigenvalue weighted by Crippen LogP contribution is -2.14. The second kappa shape index (κ2) is 6.40. The number of amides is 1. The van der Waals surface area contributed by atoms with Gasteiger partial charge < -0.3 is 11.1 Å². The number of benzene rings is 1. The molecule has 0 aliphatic carbocycles. The number of nitrogens with one attached hydrogen (secondary N) is 1. The molecule has 7 nitrogen and oxygen atoms in total. The summed E-state index contributed by atoms with van der Waals surface area (Å²) < 4.78 is 1.61. The quantitative estimate of drug-likeness (QED) is 0.638. The van der Waals surface area contributed by atoms with Crippen molar-refractivity contribution in [2.24, 2.45) is 7.05 Å². The van der Waals surface area contributed by atoms with Crippen LogP contribution in [0.5, 0.6) is 0 Å². The first kappa shape index (κ1) is 15.0. The lowest BCUT2D eigenvalue weighted by molar-refractivity contribution is -0.113. The van der Waals surface area contributed by atoms with E-state index in [1.165, 1.54) is 18.7 Å². The number of hydrogen-bond donors (Lipinski definition) is 2. The van der Waals surface area contributed by atoms with Gasteiger partial charge in [-0.1, -0.05) is 23.9 Å². The van der Waals surface area contributed by atoms with Crippen LogP contribution in [0.4, 0.5) is 11.6 Å². The Bertz CT molecular complexity index is 683. The molecule has 1 amide bonds. The van der Waals surface area contributed by atoms with Crippen LogP contribution in [0.2, 0.25) is 0 Å². The molecule has 0 unspecified atom stereocenters. The second-order valence-corrected chi connectivity index (χ2v) is 5.32. The topological polar surface area (TPSA) is 103 Å². The molecule has 0 aliphatic heterocycles. The third-order valence-electron chi connectivity index (χ3n) is 2.75. The number of ketones is 1. The summed E-state index contributed by atoms with van der Waals surface area (Å²) >= 11 is 1.24. The smallest absolute Gasteiger partial charge is 0.234 e. The zero-order valence-electron chi connectivity index (χ0n) is 11.7. The van der Waals surface area contributed by atoms with Gasteiger partial charge in [-0.2, -0.15) is 0 Å². The Kier molecular flexibility index (Phi) is 4.59. The third-order valence-corrected chi connectivity index (χ3v) is 3.77. The molecule has 1 aromatic heterocycles. The zero-order valence-corrected chi connectivity index (χ0v) is 12.5. The summed E-state index contributed by atoms with van der Waals surface area (Å²) in [6, 6.07) is 6.80. The Morgan fingerprint density at radius 1 is 1.38 bits per heavy atom. The summed E-state index contributed by atoms with van der Waals surface area (Å²) in [5.74, 6) is 0.236. The number of carbonyl (C=O) groups is 2. The number of carbonyl (C=O) groups excluding carboxylic acids is 2. The molecule has 0 saturated carbocycles. The maximum atomic E-state index is 11.9. The van der Waals surface area contributed by atoms with Crippen LogP contribution < -0.4 is 11.1 Å². The molecule has 0 bridgehead atoms. The Morgan fingerprint density at radius 2 is 2.14 bits per heavy atom. The van der Waals surface area contributed by atoms with Gasteiger partial charge in [0.25, 0.3) is 0 Å². The number of nitrogens with zero attached hydrogens (tertiary/aromatic N) is 3. The Morgan fingerprint density at radius 3 is 2.76 bits per heavy atom. The lowest BCUT2D eigenvalue weighted by atomic mass is 10.1. The van der Waals surface area contributed by atoms with Crippen LogP contribution in [0.3, 0.4) is 0 Å². The van der Waals surface area contributed by atoms with Crippen molar-refractivity contribution in [3.8, 4) is 0 Å². The molecule has 2 rings (SSSR count). The normalized spacial score (nSPS) is 10.4. The standard InChI is InChI=1S/C13H15N5O2S/c1-8(19)9-4-3-5-10(6-9)15-11(20)7-21-13-17-16-12(14)18(13)2/h3-6H,7H2,1-2H3,(H2,14,16)(H,15,20). The van der Waals surface area contributed by atoms with Crippen LogP contribution >= 0.6 is 11.8 Å². The van der Waals surface area contributed by atoms with Gasteiger partial charge in [-0.05, 0) is 19.1 Å². The predicted molar refractivity (Wildman–Crippen MR) is 81.2 cm³/mol. The van der Waals surface area contributed by atoms with E-state index in [4.69, 9.17) is 5.73 Å². The second-order valence-electron chi connectivity index (χ2n) is 4.37. The van der Waals surface area contributed by atoms with Crippen molar-refractivity contribution in [2.75, 3.05) is 16.8 Å². The minimum Gasteiger partial charge on any atom is -0.368 e. The fourth-order valence-corrected chi connectivity index (χ4v) is 2.31. The van der Waals surface area contributed by atoms with E-state index in [-0.39, 0.29) is 17.4 Å². The highest BCUT2D eigenvalue weighted by atomic mass is 32.2. The number of anilines is 2. The fourth-order valence-electron chi connectivity index (χ4n) is 1.59. The molecule has 2 aromatic rings. The van der Waals surface area contributed by atoms with Gasteiger partial charge in [-0.15, -0.1) is 10.2 Å². The SMILES string of the molecule is CC(=O)c1cccc(NC(=O)CSc2nnc(N)n2C)c1. The van der Waals surface area contributed by atoms with E-state index in [2.05, 4.69) is 15.5 Å². The van der Waals surface area contributed by atoms with Gasteiger partial charge in [0.15, 0.2) is 10.9 Å². The van der Waals surface area contributed by atoms with Crippen LogP contribution in [0.15, 0.2) is 29.4 Å². The fraction of sp³-hybridized carbons (Fsp3) is 0.231. The molecule has 0 radical (unpaired) electrons. The number of aromatic nitrogens is 3. The van der Waals surface area contributed by atoms with Crippen molar-refractivity contribution in [3.63, 3.8) is 0 Å². The highest BCUT2D eigenvalue weighted by Gasteiger charge is 2.10. The van der Waals surface area contributed by atoms with E-state index in [1.54, 1.807) is 35.9 Å². The van der Waals surface area contributed by atoms with E-state index in [9.17, 15) is 9.59 Å². The highest BCUT2D eigenvalue weighted by molar-refractivity contribution is 7.99. The third kappa shape index (κ3) is 3.82. The lowest BCUT2D eigenvalue weighted by Gasteiger charge is -2.06. The number of rotatable bonds is 5. The zero-order chi connectivity index (χ0) is 15.4. The van der Waals surface area contributed by atoms with Crippen LogP contribution in [-0.2, 0) is 11.8 Å². The van der Waals surface area contributed by atoms with Gasteiger partial charge in [0.05, 0.1) is 5.75 Å². The molecule has 0 spiro atoms. The maximum absolute atomic E-state index is 11.9. The molecule has 0 aliphatic rings. The van der Waals surface area contributed by atoms with Crippen molar-refractivity contribution in [1.82, 2.24) is 14.8 Å². The molecule has 1 aromatic carbocycles. The average molecular weight is 305 g/mol. The summed E-state index contributed by atoms with van der Waals surface area (Å²) in [6.45, 7) is 1.48. The van der Waals surface area contributed by atoms with Crippen LogP contribution in [0, 0.1) is 0 Å². The van der Waals surface area contributed by atoms with Gasteiger partial charge in [0.2, 0.25) is 11.9 Å². The van der Waals surface area contributed by atoms with Crippen LogP contribution in [0.25, 0.3) is 0 Å². The Balaban J connectivity index is 1.94. The molecular weight excluding hydrogens is 290 g/mol. The van der Waals surface area contributed by atoms with Gasteiger partial charge >= 0.3 is 0 Å². The molecule has 21 heavy (non-hydrogen) atoms. The molecular formula is C13H15N5O2S. The maximum Gasteiger partial charge on any atom is 0.234 e. The minimum atomic E-state index is -0.192. The van der Waals surface area contributed by atoms with Crippen LogP contribution in [-0.4, -0.2) is 32.2 Å². The Labute approximate surface area is 125 Å². The van der Waals surface area contributed by atoms with Crippen molar-refractivity contribution in [3.05, 3.63) is 29.8 Å². The summed E-state index contributed by atoms with van der Waals surface area (Å²) in [5.41, 5.74) is 6.70. The molecule has 1 heterocycles. The van der Waals surface area contributed by atoms with Gasteiger partial charge in [0.1, 0.15) is 0 Å². The summed E-state index contributed by atoms with van der Waals surface area (Å²) in [4.78, 5) is 23.2. The number of hydrogen-bond acceptors (Lipinski definition) is 6. The van der Waals surface area contributed by atoms with E-state index >= 15 is 0 Å². The number of thioether (sulfide) groups is 1. The molecule has 110 valence electrons. The van der Waals surface area contributed by atoms with Crippen molar-refractivity contribution in [2.45, 2.75) is 12.1 Å². The summed E-state index contributed by atoms with van der Waals surface area (Å²) in [6.07, 6.45) is 0. The first-order valence-corrected chi connectivity index (χ1v) is 7.14. The average Bonchev–Trinajstić information content (AvgIpc) is 2.77. The van der Waals surface area contributed by atoms with E-state index in [0.29, 0.717) is 22.4 Å². The van der Waals surface area contributed by atoms with E-state index in [1.807, 2.05) is 0 Å². The monoisotopic (exact) mass is 305 g/mol. The van der Waals surface area contributed by atoms with Crippen molar-refractivity contribution < 1.29 is 9.59 Å². The van der Waals surface area contributed by atoms with Crippen LogP contribution in [0.1, 0.15) is 17.3 Å². The van der Waals surface area contributed by atoms with E-state index < -0.39 is 0 Å². The van der Waals surface area contributed by atoms with Gasteiger partial charge in [0, 0.05) is 18.3 Å². The highest BCUT2D eigenvalue weighted by Crippen LogP contribution is 2.17. The first-order chi connectivity index (χ1) is 9.97. The Hall–Kier alpha value is -2.35. The molecule has 0 atom stereocenters. The van der Waals surface area contributed by atoms with E-state index in [0.717, 1.165) is 0 Å². The van der Waals surface area contributed by atoms with Crippen molar-refractivity contribution >= 4 is 35.1 Å². The van der Waals surface area contributed by atoms with Gasteiger partial charge in [-0.3, -0.25) is 14.2 Å². The minimum absolute atomic E-state index is 0.0463. The molecule has 3 N–H and O–H groups in total. The molecule has 0 saturated heterocycles. The summed E-state index contributed by atoms with van der Waals surface area (Å²) in [5, 5.41) is 10.9. The number of Topliss-reactive ketones (excluding diaryl/α,β-unsaturated/α-hetero) is 1. The largest absolute Gasteiger partial charge is 0.368 e. The predicted octanol–water partition coefficient (Wildman–Crippen LogP) is 1.33. The number of nitrogens with two attached hydrogens (primary N) is 1. The van der Waals surface area contributed by atoms with Crippen molar-refractivity contribution in [1.29, 1.82) is 0 Å². The molecule has 8 heteroatoms. The first-order valence-electron chi connectivity index (χ1n) is 6.16.